The Kier molecular flexibility index (Phi) is 5.53. The van der Waals surface area contributed by atoms with Crippen LogP contribution in [-0.4, -0.2) is 73.0 Å². The van der Waals surface area contributed by atoms with Crippen molar-refractivity contribution in [1.29, 1.82) is 0 Å². The highest BCUT2D eigenvalue weighted by Crippen LogP contribution is 2.22. The molecule has 0 radical (unpaired) electrons. The number of likely N-dealkylation sites (N-methyl/N-ethyl adjacent to an activating group) is 1. The van der Waals surface area contributed by atoms with Gasteiger partial charge in [0.2, 0.25) is 5.91 Å². The highest BCUT2D eigenvalue weighted by Gasteiger charge is 2.29. The van der Waals surface area contributed by atoms with Crippen LogP contribution < -0.4 is 0 Å². The van der Waals surface area contributed by atoms with Crippen molar-refractivity contribution in [2.45, 2.75) is 44.6 Å². The molecule has 3 rings (SSSR count). The van der Waals surface area contributed by atoms with Gasteiger partial charge in [0.15, 0.2) is 0 Å². The molecule has 2 aliphatic heterocycles. The molecule has 0 spiro atoms. The van der Waals surface area contributed by atoms with Crippen molar-refractivity contribution in [3.63, 3.8) is 0 Å². The molecule has 4 nitrogen and oxygen atoms in total. The zero-order valence-electron chi connectivity index (χ0n) is 14.0. The summed E-state index contributed by atoms with van der Waals surface area (Å²) in [5.74, 6) is 0.653. The van der Waals surface area contributed by atoms with E-state index in [1.165, 1.54) is 32.4 Å². The minimum Gasteiger partial charge on any atom is -0.340 e. The molecule has 2 fully saturated rings. The van der Waals surface area contributed by atoms with Crippen LogP contribution in [0.3, 0.4) is 0 Å². The molecular formula is C18H31N3O. The number of hydrogen-bond acceptors (Lipinski definition) is 3. The van der Waals surface area contributed by atoms with Crippen molar-refractivity contribution in [3.05, 3.63) is 12.2 Å². The maximum atomic E-state index is 12.6. The second-order valence-electron chi connectivity index (χ2n) is 7.24. The second kappa shape index (κ2) is 7.60. The van der Waals surface area contributed by atoms with E-state index in [-0.39, 0.29) is 5.92 Å². The zero-order chi connectivity index (χ0) is 15.4. The number of amides is 1. The van der Waals surface area contributed by atoms with Crippen LogP contribution in [0, 0.1) is 5.92 Å². The molecule has 2 unspecified atom stereocenters. The number of carbonyl (C=O) groups excluding carboxylic acids is 1. The number of likely N-dealkylation sites (tertiary alicyclic amines) is 1. The van der Waals surface area contributed by atoms with Crippen LogP contribution in [0.15, 0.2) is 12.2 Å². The van der Waals surface area contributed by atoms with Crippen LogP contribution in [0.1, 0.15) is 38.5 Å². The summed E-state index contributed by atoms with van der Waals surface area (Å²) in [7, 11) is 2.26. The standard InChI is InChI=1S/C18H31N3O/c1-19-10-6-5-9-17(19)15-20-11-13-21(14-12-20)18(22)16-7-3-2-4-8-16/h2-3,16-17H,4-15H2,1H3. The van der Waals surface area contributed by atoms with Crippen LogP contribution in [-0.2, 0) is 4.79 Å². The van der Waals surface area contributed by atoms with E-state index in [2.05, 4.69) is 33.9 Å². The van der Waals surface area contributed by atoms with E-state index in [1.807, 2.05) is 0 Å². The van der Waals surface area contributed by atoms with Crippen LogP contribution in [0.25, 0.3) is 0 Å². The van der Waals surface area contributed by atoms with Gasteiger partial charge in [0.25, 0.3) is 0 Å². The molecule has 0 bridgehead atoms. The summed E-state index contributed by atoms with van der Waals surface area (Å²) < 4.78 is 0. The molecule has 1 aliphatic carbocycles. The maximum absolute atomic E-state index is 12.6. The van der Waals surface area contributed by atoms with Crippen molar-refractivity contribution in [2.24, 2.45) is 5.92 Å². The largest absolute Gasteiger partial charge is 0.340 e. The van der Waals surface area contributed by atoms with E-state index in [9.17, 15) is 4.79 Å². The van der Waals surface area contributed by atoms with Gasteiger partial charge in [-0.3, -0.25) is 9.69 Å². The Balaban J connectivity index is 1.43. The third kappa shape index (κ3) is 3.90. The summed E-state index contributed by atoms with van der Waals surface area (Å²) in [6.07, 6.45) is 11.5. The Labute approximate surface area is 135 Å². The normalized spacial score (nSPS) is 31.4. The Bertz CT molecular complexity index is 401. The molecule has 22 heavy (non-hydrogen) atoms. The van der Waals surface area contributed by atoms with E-state index >= 15 is 0 Å². The number of piperidine rings is 1. The molecule has 2 heterocycles. The van der Waals surface area contributed by atoms with E-state index in [4.69, 9.17) is 0 Å². The van der Waals surface area contributed by atoms with Crippen LogP contribution in [0.2, 0.25) is 0 Å². The van der Waals surface area contributed by atoms with Gasteiger partial charge in [0, 0.05) is 44.7 Å². The molecular weight excluding hydrogens is 274 g/mol. The molecule has 124 valence electrons. The molecule has 0 aromatic heterocycles. The topological polar surface area (TPSA) is 26.8 Å². The molecule has 2 saturated heterocycles. The fraction of sp³-hybridized carbons (Fsp3) is 0.833. The van der Waals surface area contributed by atoms with Gasteiger partial charge in [-0.05, 0) is 45.7 Å². The van der Waals surface area contributed by atoms with Crippen LogP contribution >= 0.6 is 0 Å². The van der Waals surface area contributed by atoms with Crippen molar-refractivity contribution in [1.82, 2.24) is 14.7 Å². The summed E-state index contributed by atoms with van der Waals surface area (Å²) in [6, 6.07) is 0.722. The number of hydrogen-bond donors (Lipinski definition) is 0. The van der Waals surface area contributed by atoms with Gasteiger partial charge in [0.1, 0.15) is 0 Å². The summed E-state index contributed by atoms with van der Waals surface area (Å²) in [5.41, 5.74) is 0. The first kappa shape index (κ1) is 16.0. The predicted molar refractivity (Wildman–Crippen MR) is 89.8 cm³/mol. The van der Waals surface area contributed by atoms with Crippen molar-refractivity contribution in [2.75, 3.05) is 46.3 Å². The third-order valence-corrected chi connectivity index (χ3v) is 5.69. The molecule has 1 amide bonds. The number of rotatable bonds is 3. The first-order valence-electron chi connectivity index (χ1n) is 9.10. The first-order chi connectivity index (χ1) is 10.7. The lowest BCUT2D eigenvalue weighted by Crippen LogP contribution is -2.53. The van der Waals surface area contributed by atoms with Gasteiger partial charge in [-0.25, -0.2) is 0 Å². The van der Waals surface area contributed by atoms with Crippen molar-refractivity contribution < 1.29 is 4.79 Å². The van der Waals surface area contributed by atoms with Crippen LogP contribution in [0.5, 0.6) is 0 Å². The van der Waals surface area contributed by atoms with Crippen molar-refractivity contribution in [3.8, 4) is 0 Å². The lowest BCUT2D eigenvalue weighted by atomic mass is 9.93. The SMILES string of the molecule is CN1CCCCC1CN1CCN(C(=O)C2CC=CCC2)CC1. The van der Waals surface area contributed by atoms with Gasteiger partial charge in [-0.1, -0.05) is 18.6 Å². The van der Waals surface area contributed by atoms with E-state index < -0.39 is 0 Å². The highest BCUT2D eigenvalue weighted by atomic mass is 16.2. The highest BCUT2D eigenvalue weighted by molar-refractivity contribution is 5.79. The lowest BCUT2D eigenvalue weighted by Gasteiger charge is -2.41. The van der Waals surface area contributed by atoms with Gasteiger partial charge >= 0.3 is 0 Å². The van der Waals surface area contributed by atoms with Gasteiger partial charge in [-0.2, -0.15) is 0 Å². The van der Waals surface area contributed by atoms with Gasteiger partial charge in [0.05, 0.1) is 0 Å². The Morgan fingerprint density at radius 3 is 2.55 bits per heavy atom. The molecule has 4 heteroatoms. The number of nitrogens with zero attached hydrogens (tertiary/aromatic N) is 3. The lowest BCUT2D eigenvalue weighted by molar-refractivity contribution is -0.137. The summed E-state index contributed by atoms with van der Waals surface area (Å²) in [5, 5.41) is 0. The summed E-state index contributed by atoms with van der Waals surface area (Å²) in [4.78, 5) is 19.8. The second-order valence-corrected chi connectivity index (χ2v) is 7.24. The van der Waals surface area contributed by atoms with Crippen molar-refractivity contribution >= 4 is 5.91 Å². The predicted octanol–water partition coefficient (Wildman–Crippen LogP) is 1.97. The molecule has 0 aromatic carbocycles. The fourth-order valence-electron chi connectivity index (χ4n) is 4.10. The Morgan fingerprint density at radius 1 is 1.05 bits per heavy atom. The monoisotopic (exact) mass is 305 g/mol. The minimum atomic E-state index is 0.251. The summed E-state index contributed by atoms with van der Waals surface area (Å²) >= 11 is 0. The fourth-order valence-corrected chi connectivity index (χ4v) is 4.10. The first-order valence-corrected chi connectivity index (χ1v) is 9.10. The number of allylic oxidation sites excluding steroid dienone is 2. The molecule has 0 aromatic rings. The Hall–Kier alpha value is -0.870. The van der Waals surface area contributed by atoms with E-state index in [1.54, 1.807) is 0 Å². The Morgan fingerprint density at radius 2 is 1.86 bits per heavy atom. The average Bonchev–Trinajstić information content (AvgIpc) is 2.58. The maximum Gasteiger partial charge on any atom is 0.226 e. The van der Waals surface area contributed by atoms with Gasteiger partial charge in [-0.15, -0.1) is 0 Å². The quantitative estimate of drug-likeness (QED) is 0.746. The smallest absolute Gasteiger partial charge is 0.226 e. The molecule has 0 saturated carbocycles. The van der Waals surface area contributed by atoms with E-state index in [0.717, 1.165) is 51.5 Å². The molecule has 2 atom stereocenters. The zero-order valence-corrected chi connectivity index (χ0v) is 14.0. The molecule has 0 N–H and O–H groups in total. The van der Waals surface area contributed by atoms with E-state index in [0.29, 0.717) is 5.91 Å². The number of carbonyl (C=O) groups is 1. The third-order valence-electron chi connectivity index (χ3n) is 5.69. The average molecular weight is 305 g/mol. The minimum absolute atomic E-state index is 0.251. The summed E-state index contributed by atoms with van der Waals surface area (Å²) in [6.45, 7) is 6.39. The number of piperazine rings is 1. The van der Waals surface area contributed by atoms with Gasteiger partial charge < -0.3 is 9.80 Å². The molecule has 3 aliphatic rings. The van der Waals surface area contributed by atoms with Crippen LogP contribution in [0.4, 0.5) is 0 Å².